The highest BCUT2D eigenvalue weighted by molar-refractivity contribution is 7.89. The summed E-state index contributed by atoms with van der Waals surface area (Å²) in [5, 5.41) is 10.2. The van der Waals surface area contributed by atoms with E-state index >= 15 is 0 Å². The van der Waals surface area contributed by atoms with Gasteiger partial charge in [0, 0.05) is 25.6 Å². The molecule has 106 valence electrons. The Morgan fingerprint density at radius 1 is 1.47 bits per heavy atom. The van der Waals surface area contributed by atoms with Crippen LogP contribution in [0.4, 0.5) is 0 Å². The Morgan fingerprint density at radius 2 is 2.11 bits per heavy atom. The second-order valence-electron chi connectivity index (χ2n) is 4.29. The molecule has 2 heterocycles. The van der Waals surface area contributed by atoms with E-state index in [-0.39, 0.29) is 15.9 Å². The molecule has 6 nitrogen and oxygen atoms in total. The topological polar surface area (TPSA) is 83.9 Å². The zero-order chi connectivity index (χ0) is 14.0. The number of piperidine rings is 1. The maximum atomic E-state index is 12.3. The van der Waals surface area contributed by atoms with Gasteiger partial charge >= 0.3 is 5.97 Å². The molecule has 0 saturated carbocycles. The summed E-state index contributed by atoms with van der Waals surface area (Å²) in [6, 6.07) is 1.21. The second-order valence-corrected chi connectivity index (χ2v) is 7.14. The van der Waals surface area contributed by atoms with Crippen LogP contribution in [-0.4, -0.2) is 50.1 Å². The number of rotatable bonds is 4. The number of carboxylic acid groups (broad SMARTS) is 1. The van der Waals surface area contributed by atoms with Gasteiger partial charge in [0.1, 0.15) is 4.88 Å². The van der Waals surface area contributed by atoms with Crippen LogP contribution in [0, 0.1) is 0 Å². The Labute approximate surface area is 115 Å². The van der Waals surface area contributed by atoms with Gasteiger partial charge in [0.2, 0.25) is 10.0 Å². The van der Waals surface area contributed by atoms with E-state index in [1.54, 1.807) is 7.11 Å². The number of sulfonamides is 1. The normalized spacial score (nSPS) is 18.6. The van der Waals surface area contributed by atoms with E-state index in [2.05, 4.69) is 0 Å². The molecule has 19 heavy (non-hydrogen) atoms. The molecule has 1 aromatic rings. The fourth-order valence-corrected chi connectivity index (χ4v) is 4.59. The maximum Gasteiger partial charge on any atom is 0.345 e. The number of methoxy groups -OCH3 is 1. The summed E-state index contributed by atoms with van der Waals surface area (Å²) in [4.78, 5) is 10.9. The largest absolute Gasteiger partial charge is 0.477 e. The van der Waals surface area contributed by atoms with Gasteiger partial charge in [0.25, 0.3) is 0 Å². The Balaban J connectivity index is 2.16. The quantitative estimate of drug-likeness (QED) is 0.905. The van der Waals surface area contributed by atoms with Crippen molar-refractivity contribution in [3.8, 4) is 0 Å². The smallest absolute Gasteiger partial charge is 0.345 e. The van der Waals surface area contributed by atoms with E-state index in [1.807, 2.05) is 0 Å². The van der Waals surface area contributed by atoms with Gasteiger partial charge in [-0.25, -0.2) is 13.2 Å². The molecule has 0 aliphatic carbocycles. The maximum absolute atomic E-state index is 12.3. The summed E-state index contributed by atoms with van der Waals surface area (Å²) in [6.45, 7) is 0.804. The van der Waals surface area contributed by atoms with Gasteiger partial charge < -0.3 is 9.84 Å². The van der Waals surface area contributed by atoms with E-state index in [4.69, 9.17) is 9.84 Å². The van der Waals surface area contributed by atoms with Gasteiger partial charge in [-0.1, -0.05) is 0 Å². The first-order valence-electron chi connectivity index (χ1n) is 5.80. The Hall–Kier alpha value is -0.960. The third-order valence-corrected chi connectivity index (χ3v) is 6.10. The van der Waals surface area contributed by atoms with Crippen molar-refractivity contribution in [3.63, 3.8) is 0 Å². The molecule has 0 radical (unpaired) electrons. The fraction of sp³-hybridized carbons (Fsp3) is 0.545. The molecule has 0 atom stereocenters. The van der Waals surface area contributed by atoms with Gasteiger partial charge in [-0.05, 0) is 18.9 Å². The first-order chi connectivity index (χ1) is 8.95. The van der Waals surface area contributed by atoms with Gasteiger partial charge in [-0.15, -0.1) is 11.3 Å². The highest BCUT2D eigenvalue weighted by Gasteiger charge is 2.30. The molecule has 1 aliphatic rings. The van der Waals surface area contributed by atoms with Gasteiger partial charge in [0.05, 0.1) is 11.0 Å². The average Bonchev–Trinajstić information content (AvgIpc) is 2.89. The second kappa shape index (κ2) is 5.58. The first kappa shape index (κ1) is 14.4. The highest BCUT2D eigenvalue weighted by atomic mass is 32.2. The van der Waals surface area contributed by atoms with E-state index in [0.717, 1.165) is 11.3 Å². The summed E-state index contributed by atoms with van der Waals surface area (Å²) < 4.78 is 31.2. The number of thiophene rings is 1. The molecule has 0 aromatic carbocycles. The fourth-order valence-electron chi connectivity index (χ4n) is 2.02. The van der Waals surface area contributed by atoms with Crippen molar-refractivity contribution >= 4 is 27.3 Å². The predicted molar refractivity (Wildman–Crippen MR) is 70.1 cm³/mol. The van der Waals surface area contributed by atoms with Crippen molar-refractivity contribution in [1.82, 2.24) is 4.31 Å². The number of aromatic carboxylic acids is 1. The lowest BCUT2D eigenvalue weighted by Gasteiger charge is -2.30. The van der Waals surface area contributed by atoms with Crippen LogP contribution in [0.25, 0.3) is 0 Å². The highest BCUT2D eigenvalue weighted by Crippen LogP contribution is 2.25. The lowest BCUT2D eigenvalue weighted by Crippen LogP contribution is -2.40. The standard InChI is InChI=1S/C11H15NO5S2/c1-17-8-2-4-12(5-3-8)19(15,16)9-6-10(11(13)14)18-7-9/h6-8H,2-5H2,1H3,(H,13,14). The Kier molecular flexibility index (Phi) is 4.24. The molecule has 0 bridgehead atoms. The zero-order valence-electron chi connectivity index (χ0n) is 10.4. The number of ether oxygens (including phenoxy) is 1. The molecule has 1 N–H and O–H groups in total. The van der Waals surface area contributed by atoms with E-state index in [1.165, 1.54) is 15.8 Å². The third kappa shape index (κ3) is 2.97. The lowest BCUT2D eigenvalue weighted by atomic mass is 10.1. The molecule has 1 aromatic heterocycles. The van der Waals surface area contributed by atoms with Crippen molar-refractivity contribution in [1.29, 1.82) is 0 Å². The lowest BCUT2D eigenvalue weighted by molar-refractivity contribution is 0.0604. The van der Waals surface area contributed by atoms with E-state index in [0.29, 0.717) is 25.9 Å². The van der Waals surface area contributed by atoms with Crippen molar-refractivity contribution in [3.05, 3.63) is 16.3 Å². The van der Waals surface area contributed by atoms with Crippen LogP contribution in [0.3, 0.4) is 0 Å². The molecule has 1 saturated heterocycles. The number of carbonyl (C=O) groups is 1. The minimum Gasteiger partial charge on any atom is -0.477 e. The molecule has 1 aliphatic heterocycles. The van der Waals surface area contributed by atoms with Crippen molar-refractivity contribution in [2.45, 2.75) is 23.8 Å². The molecule has 0 unspecified atom stereocenters. The minimum atomic E-state index is -3.58. The average molecular weight is 305 g/mol. The Bertz CT molecular complexity index is 557. The number of nitrogens with zero attached hydrogens (tertiary/aromatic N) is 1. The molecule has 2 rings (SSSR count). The van der Waals surface area contributed by atoms with Gasteiger partial charge in [0.15, 0.2) is 0 Å². The summed E-state index contributed by atoms with van der Waals surface area (Å²) >= 11 is 0.924. The molecular weight excluding hydrogens is 290 g/mol. The SMILES string of the molecule is COC1CCN(S(=O)(=O)c2csc(C(=O)O)c2)CC1. The number of carboxylic acids is 1. The van der Waals surface area contributed by atoms with Crippen molar-refractivity contribution in [2.24, 2.45) is 0 Å². The molecule has 0 amide bonds. The van der Waals surface area contributed by atoms with Gasteiger partial charge in [-0.2, -0.15) is 4.31 Å². The van der Waals surface area contributed by atoms with Gasteiger partial charge in [-0.3, -0.25) is 0 Å². The van der Waals surface area contributed by atoms with Crippen LogP contribution in [0.5, 0.6) is 0 Å². The Morgan fingerprint density at radius 3 is 2.58 bits per heavy atom. The van der Waals surface area contributed by atoms with Crippen LogP contribution in [-0.2, 0) is 14.8 Å². The van der Waals surface area contributed by atoms with Crippen LogP contribution in [0.1, 0.15) is 22.5 Å². The van der Waals surface area contributed by atoms with Crippen LogP contribution in [0.2, 0.25) is 0 Å². The number of hydrogen-bond acceptors (Lipinski definition) is 5. The summed E-state index contributed by atoms with van der Waals surface area (Å²) in [5.74, 6) is -1.11. The van der Waals surface area contributed by atoms with Crippen molar-refractivity contribution in [2.75, 3.05) is 20.2 Å². The summed E-state index contributed by atoms with van der Waals surface area (Å²) in [6.07, 6.45) is 1.42. The molecule has 1 fully saturated rings. The summed E-state index contributed by atoms with van der Waals surface area (Å²) in [5.41, 5.74) is 0. The predicted octanol–water partition coefficient (Wildman–Crippen LogP) is 1.25. The van der Waals surface area contributed by atoms with Crippen molar-refractivity contribution < 1.29 is 23.1 Å². The summed E-state index contributed by atoms with van der Waals surface area (Å²) in [7, 11) is -1.96. The van der Waals surface area contributed by atoms with Crippen LogP contribution < -0.4 is 0 Å². The molecular formula is C11H15NO5S2. The van der Waals surface area contributed by atoms with E-state index in [9.17, 15) is 13.2 Å². The van der Waals surface area contributed by atoms with Crippen LogP contribution in [0.15, 0.2) is 16.3 Å². The van der Waals surface area contributed by atoms with E-state index < -0.39 is 16.0 Å². The molecule has 0 spiro atoms. The zero-order valence-corrected chi connectivity index (χ0v) is 12.0. The molecule has 8 heteroatoms. The third-order valence-electron chi connectivity index (χ3n) is 3.16. The van der Waals surface area contributed by atoms with Crippen LogP contribution >= 0.6 is 11.3 Å². The monoisotopic (exact) mass is 305 g/mol. The first-order valence-corrected chi connectivity index (χ1v) is 8.12. The number of hydrogen-bond donors (Lipinski definition) is 1. The minimum absolute atomic E-state index is 0.0327.